The Labute approximate surface area is 181 Å². The molecule has 0 radical (unpaired) electrons. The summed E-state index contributed by atoms with van der Waals surface area (Å²) in [5, 5.41) is 5.46. The Kier molecular flexibility index (Phi) is 5.63. The van der Waals surface area contributed by atoms with E-state index in [-0.39, 0.29) is 12.0 Å². The van der Waals surface area contributed by atoms with Gasteiger partial charge in [-0.2, -0.15) is 5.10 Å². The molecule has 0 atom stereocenters. The van der Waals surface area contributed by atoms with Crippen molar-refractivity contribution in [1.82, 2.24) is 24.6 Å². The van der Waals surface area contributed by atoms with Gasteiger partial charge in [0.05, 0.1) is 28.9 Å². The summed E-state index contributed by atoms with van der Waals surface area (Å²) in [5.74, 6) is -0.0643. The molecule has 0 N–H and O–H groups in total. The molecule has 1 saturated heterocycles. The van der Waals surface area contributed by atoms with Gasteiger partial charge in [0, 0.05) is 31.9 Å². The third-order valence-corrected chi connectivity index (χ3v) is 5.54. The Morgan fingerprint density at radius 3 is 2.29 bits per heavy atom. The number of benzene rings is 1. The number of nitrogens with zero attached hydrogens (tertiary/aromatic N) is 5. The fourth-order valence-corrected chi connectivity index (χ4v) is 3.93. The zero-order valence-corrected chi connectivity index (χ0v) is 18.4. The summed E-state index contributed by atoms with van der Waals surface area (Å²) in [6, 6.07) is 9.89. The molecule has 8 nitrogen and oxygen atoms in total. The number of hydrogen-bond donors (Lipinski definition) is 0. The molecule has 3 aromatic rings. The summed E-state index contributed by atoms with van der Waals surface area (Å²) in [6.45, 7) is 9.80. The van der Waals surface area contributed by atoms with Crippen molar-refractivity contribution in [3.63, 3.8) is 0 Å². The van der Waals surface area contributed by atoms with Crippen LogP contribution in [0.3, 0.4) is 0 Å². The van der Waals surface area contributed by atoms with Crippen LogP contribution in [0, 0.1) is 20.8 Å². The van der Waals surface area contributed by atoms with Crippen LogP contribution in [0.4, 0.5) is 4.79 Å². The number of amides is 2. The maximum absolute atomic E-state index is 13.4. The van der Waals surface area contributed by atoms with Gasteiger partial charge in [0.1, 0.15) is 0 Å². The van der Waals surface area contributed by atoms with E-state index in [9.17, 15) is 9.59 Å². The van der Waals surface area contributed by atoms with Crippen molar-refractivity contribution in [2.45, 2.75) is 27.7 Å². The number of carbonyl (C=O) groups excluding carboxylic acids is 2. The van der Waals surface area contributed by atoms with Crippen molar-refractivity contribution in [3.8, 4) is 5.69 Å². The number of pyridine rings is 1. The molecule has 0 bridgehead atoms. The fourth-order valence-electron chi connectivity index (χ4n) is 3.93. The topological polar surface area (TPSA) is 80.6 Å². The number of hydrogen-bond acceptors (Lipinski definition) is 5. The van der Waals surface area contributed by atoms with E-state index in [4.69, 9.17) is 9.72 Å². The van der Waals surface area contributed by atoms with Crippen LogP contribution in [-0.4, -0.2) is 69.4 Å². The molecule has 0 unspecified atom stereocenters. The highest BCUT2D eigenvalue weighted by atomic mass is 16.6. The highest BCUT2D eigenvalue weighted by Crippen LogP contribution is 2.26. The molecular formula is C23H27N5O3. The molecule has 2 aromatic heterocycles. The van der Waals surface area contributed by atoms with Gasteiger partial charge in [-0.1, -0.05) is 17.7 Å². The lowest BCUT2D eigenvalue weighted by Gasteiger charge is -2.34. The molecule has 3 heterocycles. The molecule has 4 rings (SSSR count). The Hall–Kier alpha value is -3.42. The molecule has 0 aliphatic carbocycles. The molecule has 1 aromatic carbocycles. The summed E-state index contributed by atoms with van der Waals surface area (Å²) in [4.78, 5) is 33.5. The summed E-state index contributed by atoms with van der Waals surface area (Å²) in [7, 11) is 0. The van der Waals surface area contributed by atoms with Crippen molar-refractivity contribution >= 4 is 23.0 Å². The largest absolute Gasteiger partial charge is 0.450 e. The number of carbonyl (C=O) groups is 2. The first-order chi connectivity index (χ1) is 14.9. The van der Waals surface area contributed by atoms with E-state index < -0.39 is 0 Å². The van der Waals surface area contributed by atoms with Crippen molar-refractivity contribution in [2.24, 2.45) is 0 Å². The molecule has 1 aliphatic rings. The lowest BCUT2D eigenvalue weighted by molar-refractivity contribution is 0.0572. The maximum Gasteiger partial charge on any atom is 0.409 e. The van der Waals surface area contributed by atoms with E-state index in [0.717, 1.165) is 22.5 Å². The normalized spacial score (nSPS) is 14.2. The number of piperazine rings is 1. The lowest BCUT2D eigenvalue weighted by Crippen LogP contribution is -2.50. The van der Waals surface area contributed by atoms with Crippen molar-refractivity contribution in [3.05, 3.63) is 52.8 Å². The molecule has 0 spiro atoms. The van der Waals surface area contributed by atoms with Gasteiger partial charge in [0.25, 0.3) is 5.91 Å². The molecule has 162 valence electrons. The first-order valence-electron chi connectivity index (χ1n) is 10.5. The van der Waals surface area contributed by atoms with Gasteiger partial charge in [-0.3, -0.25) is 4.79 Å². The Balaban J connectivity index is 1.66. The van der Waals surface area contributed by atoms with Crippen molar-refractivity contribution in [2.75, 3.05) is 32.8 Å². The second kappa shape index (κ2) is 8.37. The zero-order chi connectivity index (χ0) is 22.1. The van der Waals surface area contributed by atoms with Gasteiger partial charge in [-0.05, 0) is 45.9 Å². The minimum atomic E-state index is -0.327. The van der Waals surface area contributed by atoms with Crippen LogP contribution in [0.2, 0.25) is 0 Å². The third kappa shape index (κ3) is 3.97. The van der Waals surface area contributed by atoms with Crippen LogP contribution in [-0.2, 0) is 4.74 Å². The smallest absolute Gasteiger partial charge is 0.409 e. The summed E-state index contributed by atoms with van der Waals surface area (Å²) in [5.41, 5.74) is 4.87. The van der Waals surface area contributed by atoms with E-state index in [1.54, 1.807) is 21.4 Å². The van der Waals surface area contributed by atoms with Crippen LogP contribution in [0.15, 0.2) is 30.3 Å². The third-order valence-electron chi connectivity index (χ3n) is 5.54. The first-order valence-corrected chi connectivity index (χ1v) is 10.5. The summed E-state index contributed by atoms with van der Waals surface area (Å²) < 4.78 is 6.87. The van der Waals surface area contributed by atoms with Gasteiger partial charge in [0.2, 0.25) is 0 Å². The standard InChI is InChI=1S/C23H27N5O3/c1-5-31-23(30)27-12-10-26(11-13-27)22(29)19-14-16(3)24-21-20(19)17(4)25-28(21)18-8-6-15(2)7-9-18/h6-9,14H,5,10-13H2,1-4H3. The van der Waals surface area contributed by atoms with Crippen LogP contribution in [0.25, 0.3) is 16.7 Å². The average Bonchev–Trinajstić information content (AvgIpc) is 3.09. The van der Waals surface area contributed by atoms with E-state index >= 15 is 0 Å². The van der Waals surface area contributed by atoms with E-state index in [0.29, 0.717) is 44.0 Å². The number of aryl methyl sites for hydroxylation is 3. The number of ether oxygens (including phenoxy) is 1. The van der Waals surface area contributed by atoms with E-state index in [1.807, 2.05) is 51.1 Å². The van der Waals surface area contributed by atoms with Crippen LogP contribution >= 0.6 is 0 Å². The average molecular weight is 422 g/mol. The summed E-state index contributed by atoms with van der Waals surface area (Å²) in [6.07, 6.45) is -0.327. The first kappa shape index (κ1) is 20.8. The van der Waals surface area contributed by atoms with Gasteiger partial charge in [-0.15, -0.1) is 0 Å². The molecule has 1 fully saturated rings. The van der Waals surface area contributed by atoms with Gasteiger partial charge in [0.15, 0.2) is 5.65 Å². The molecular weight excluding hydrogens is 394 g/mol. The number of aromatic nitrogens is 3. The Bertz CT molecular complexity index is 1130. The quantitative estimate of drug-likeness (QED) is 0.648. The van der Waals surface area contributed by atoms with E-state index in [1.165, 1.54) is 5.56 Å². The molecule has 0 saturated carbocycles. The van der Waals surface area contributed by atoms with E-state index in [2.05, 4.69) is 5.10 Å². The monoisotopic (exact) mass is 421 g/mol. The van der Waals surface area contributed by atoms with Crippen LogP contribution in [0.5, 0.6) is 0 Å². The van der Waals surface area contributed by atoms with Gasteiger partial charge >= 0.3 is 6.09 Å². The second-order valence-electron chi connectivity index (χ2n) is 7.82. The zero-order valence-electron chi connectivity index (χ0n) is 18.4. The lowest BCUT2D eigenvalue weighted by atomic mass is 10.1. The highest BCUT2D eigenvalue weighted by Gasteiger charge is 2.28. The Morgan fingerprint density at radius 1 is 1.00 bits per heavy atom. The maximum atomic E-state index is 13.4. The van der Waals surface area contributed by atoms with Gasteiger partial charge in [-0.25, -0.2) is 14.5 Å². The SMILES string of the molecule is CCOC(=O)N1CCN(C(=O)c2cc(C)nc3c2c(C)nn3-c2ccc(C)cc2)CC1. The van der Waals surface area contributed by atoms with Gasteiger partial charge < -0.3 is 14.5 Å². The minimum Gasteiger partial charge on any atom is -0.450 e. The fraction of sp³-hybridized carbons (Fsp3) is 0.391. The minimum absolute atomic E-state index is 0.0643. The van der Waals surface area contributed by atoms with Crippen molar-refractivity contribution in [1.29, 1.82) is 0 Å². The molecule has 8 heteroatoms. The predicted molar refractivity (Wildman–Crippen MR) is 118 cm³/mol. The summed E-state index contributed by atoms with van der Waals surface area (Å²) >= 11 is 0. The van der Waals surface area contributed by atoms with Crippen molar-refractivity contribution < 1.29 is 14.3 Å². The Morgan fingerprint density at radius 2 is 1.65 bits per heavy atom. The molecule has 2 amide bonds. The predicted octanol–water partition coefficient (Wildman–Crippen LogP) is 3.26. The number of fused-ring (bicyclic) bond motifs is 1. The van der Waals surface area contributed by atoms with Crippen LogP contribution < -0.4 is 0 Å². The molecule has 1 aliphatic heterocycles. The van der Waals surface area contributed by atoms with Crippen LogP contribution in [0.1, 0.15) is 34.2 Å². The highest BCUT2D eigenvalue weighted by molar-refractivity contribution is 6.06. The second-order valence-corrected chi connectivity index (χ2v) is 7.82. The molecule has 31 heavy (non-hydrogen) atoms. The number of rotatable bonds is 3.